The summed E-state index contributed by atoms with van der Waals surface area (Å²) in [6.45, 7) is 1.98. The number of fused-ring (bicyclic) bond motifs is 1. The third-order valence-corrected chi connectivity index (χ3v) is 3.09. The molecule has 2 rings (SSSR count). The molecule has 4 nitrogen and oxygen atoms in total. The SMILES string of the molecule is CN(C)CCCNc1cnc2ccc(Br)cc2n1. The summed E-state index contributed by atoms with van der Waals surface area (Å²) in [5.41, 5.74) is 1.82. The lowest BCUT2D eigenvalue weighted by molar-refractivity contribution is 0.405. The summed E-state index contributed by atoms with van der Waals surface area (Å²) >= 11 is 3.44. The van der Waals surface area contributed by atoms with E-state index in [-0.39, 0.29) is 0 Å². The molecule has 1 N–H and O–H groups in total. The molecule has 0 bridgehead atoms. The normalized spacial score (nSPS) is 11.1. The molecular weight excluding hydrogens is 292 g/mol. The lowest BCUT2D eigenvalue weighted by Crippen LogP contribution is -2.16. The predicted molar refractivity (Wildman–Crippen MR) is 78.9 cm³/mol. The number of nitrogens with one attached hydrogen (secondary N) is 1. The monoisotopic (exact) mass is 308 g/mol. The van der Waals surface area contributed by atoms with Crippen molar-refractivity contribution in [3.8, 4) is 0 Å². The Morgan fingerprint density at radius 1 is 1.28 bits per heavy atom. The summed E-state index contributed by atoms with van der Waals surface area (Å²) in [6.07, 6.45) is 2.87. The van der Waals surface area contributed by atoms with Crippen LogP contribution in [0.3, 0.4) is 0 Å². The Hall–Kier alpha value is -1.20. The third-order valence-electron chi connectivity index (χ3n) is 2.59. The van der Waals surface area contributed by atoms with Crippen LogP contribution >= 0.6 is 15.9 Å². The second-order valence-corrected chi connectivity index (χ2v) is 5.39. The minimum absolute atomic E-state index is 0.833. The first kappa shape index (κ1) is 13.2. The van der Waals surface area contributed by atoms with Gasteiger partial charge in [0.1, 0.15) is 5.82 Å². The molecule has 0 spiro atoms. The first-order valence-corrected chi connectivity index (χ1v) is 6.75. The van der Waals surface area contributed by atoms with Gasteiger partial charge in [-0.2, -0.15) is 0 Å². The Morgan fingerprint density at radius 3 is 2.89 bits per heavy atom. The van der Waals surface area contributed by atoms with Gasteiger partial charge in [-0.3, -0.25) is 4.98 Å². The number of hydrogen-bond donors (Lipinski definition) is 1. The molecule has 0 aliphatic carbocycles. The summed E-state index contributed by atoms with van der Waals surface area (Å²) in [6, 6.07) is 5.91. The number of hydrogen-bond acceptors (Lipinski definition) is 4. The van der Waals surface area contributed by atoms with Crippen LogP contribution in [0.4, 0.5) is 5.82 Å². The average Bonchev–Trinajstić information content (AvgIpc) is 2.34. The molecule has 0 atom stereocenters. The first-order valence-electron chi connectivity index (χ1n) is 5.96. The highest BCUT2D eigenvalue weighted by Crippen LogP contribution is 2.17. The maximum absolute atomic E-state index is 4.54. The molecule has 0 radical (unpaired) electrons. The van der Waals surface area contributed by atoms with E-state index in [2.05, 4.69) is 50.2 Å². The fourth-order valence-corrected chi connectivity index (χ4v) is 2.03. The van der Waals surface area contributed by atoms with Crippen molar-refractivity contribution >= 4 is 32.8 Å². The van der Waals surface area contributed by atoms with Crippen molar-refractivity contribution in [3.05, 3.63) is 28.9 Å². The third kappa shape index (κ3) is 3.65. The van der Waals surface area contributed by atoms with Gasteiger partial charge in [-0.15, -0.1) is 0 Å². The summed E-state index contributed by atoms with van der Waals surface area (Å²) in [7, 11) is 4.15. The van der Waals surface area contributed by atoms with Crippen molar-refractivity contribution in [2.24, 2.45) is 0 Å². The zero-order valence-electron chi connectivity index (χ0n) is 10.7. The van der Waals surface area contributed by atoms with Crippen molar-refractivity contribution in [1.29, 1.82) is 0 Å². The highest BCUT2D eigenvalue weighted by Gasteiger charge is 2.00. The molecule has 5 heteroatoms. The van der Waals surface area contributed by atoms with E-state index < -0.39 is 0 Å². The van der Waals surface area contributed by atoms with E-state index in [1.54, 1.807) is 6.20 Å². The van der Waals surface area contributed by atoms with E-state index in [4.69, 9.17) is 0 Å². The molecule has 0 saturated heterocycles. The molecule has 0 saturated carbocycles. The van der Waals surface area contributed by atoms with Crippen LogP contribution in [-0.2, 0) is 0 Å². The Kier molecular flexibility index (Phi) is 4.49. The van der Waals surface area contributed by atoms with Crippen LogP contribution in [0.2, 0.25) is 0 Å². The highest BCUT2D eigenvalue weighted by molar-refractivity contribution is 9.10. The zero-order chi connectivity index (χ0) is 13.0. The van der Waals surface area contributed by atoms with Crippen molar-refractivity contribution in [2.45, 2.75) is 6.42 Å². The molecule has 0 aliphatic heterocycles. The summed E-state index contributed by atoms with van der Waals surface area (Å²) in [5, 5.41) is 3.30. The van der Waals surface area contributed by atoms with Gasteiger partial charge in [-0.05, 0) is 45.3 Å². The van der Waals surface area contributed by atoms with E-state index in [9.17, 15) is 0 Å². The molecule has 18 heavy (non-hydrogen) atoms. The molecular formula is C13H17BrN4. The number of aromatic nitrogens is 2. The Balaban J connectivity index is 2.01. The predicted octanol–water partition coefficient (Wildman–Crippen LogP) is 2.76. The topological polar surface area (TPSA) is 41.0 Å². The summed E-state index contributed by atoms with van der Waals surface area (Å²) in [5.74, 6) is 0.833. The second kappa shape index (κ2) is 6.11. The van der Waals surface area contributed by atoms with Crippen molar-refractivity contribution in [3.63, 3.8) is 0 Å². The van der Waals surface area contributed by atoms with Gasteiger partial charge in [0.15, 0.2) is 0 Å². The smallest absolute Gasteiger partial charge is 0.145 e. The number of nitrogens with zero attached hydrogens (tertiary/aromatic N) is 3. The van der Waals surface area contributed by atoms with Crippen LogP contribution in [-0.4, -0.2) is 42.1 Å². The molecule has 2 aromatic rings. The molecule has 1 heterocycles. The van der Waals surface area contributed by atoms with Gasteiger partial charge in [0.05, 0.1) is 17.2 Å². The lowest BCUT2D eigenvalue weighted by Gasteiger charge is -2.10. The van der Waals surface area contributed by atoms with Gasteiger partial charge in [-0.1, -0.05) is 15.9 Å². The van der Waals surface area contributed by atoms with Crippen molar-refractivity contribution in [1.82, 2.24) is 14.9 Å². The Morgan fingerprint density at radius 2 is 2.11 bits per heavy atom. The maximum atomic E-state index is 4.54. The second-order valence-electron chi connectivity index (χ2n) is 4.47. The van der Waals surface area contributed by atoms with Gasteiger partial charge in [0.2, 0.25) is 0 Å². The molecule has 0 aliphatic rings. The van der Waals surface area contributed by atoms with Crippen molar-refractivity contribution in [2.75, 3.05) is 32.5 Å². The van der Waals surface area contributed by atoms with Gasteiger partial charge in [0, 0.05) is 11.0 Å². The molecule has 0 fully saturated rings. The molecule has 0 unspecified atom stereocenters. The van der Waals surface area contributed by atoms with E-state index in [1.807, 2.05) is 18.2 Å². The largest absolute Gasteiger partial charge is 0.369 e. The van der Waals surface area contributed by atoms with Crippen LogP contribution in [0.25, 0.3) is 11.0 Å². The highest BCUT2D eigenvalue weighted by atomic mass is 79.9. The van der Waals surface area contributed by atoms with Crippen LogP contribution < -0.4 is 5.32 Å². The minimum atomic E-state index is 0.833. The Bertz CT molecular complexity index is 527. The average molecular weight is 309 g/mol. The van der Waals surface area contributed by atoms with Crippen LogP contribution in [0.5, 0.6) is 0 Å². The van der Waals surface area contributed by atoms with E-state index in [0.29, 0.717) is 0 Å². The molecule has 1 aromatic heterocycles. The fourth-order valence-electron chi connectivity index (χ4n) is 1.68. The number of halogens is 1. The van der Waals surface area contributed by atoms with E-state index >= 15 is 0 Å². The molecule has 0 amide bonds. The first-order chi connectivity index (χ1) is 8.65. The molecule has 1 aromatic carbocycles. The van der Waals surface area contributed by atoms with Gasteiger partial charge in [-0.25, -0.2) is 4.98 Å². The summed E-state index contributed by atoms with van der Waals surface area (Å²) < 4.78 is 1.02. The van der Waals surface area contributed by atoms with Gasteiger partial charge < -0.3 is 10.2 Å². The Labute approximate surface area is 116 Å². The van der Waals surface area contributed by atoms with Crippen LogP contribution in [0, 0.1) is 0 Å². The minimum Gasteiger partial charge on any atom is -0.369 e. The van der Waals surface area contributed by atoms with Crippen LogP contribution in [0.15, 0.2) is 28.9 Å². The quantitative estimate of drug-likeness (QED) is 0.862. The van der Waals surface area contributed by atoms with Crippen LogP contribution in [0.1, 0.15) is 6.42 Å². The fraction of sp³-hybridized carbons (Fsp3) is 0.385. The number of anilines is 1. The maximum Gasteiger partial charge on any atom is 0.145 e. The van der Waals surface area contributed by atoms with E-state index in [1.165, 1.54) is 0 Å². The lowest BCUT2D eigenvalue weighted by atomic mass is 10.3. The standard InChI is InChI=1S/C13H17BrN4/c1-18(2)7-3-6-15-13-9-16-11-5-4-10(14)8-12(11)17-13/h4-5,8-9H,3,6-7H2,1-2H3,(H,15,17). The molecule has 96 valence electrons. The zero-order valence-corrected chi connectivity index (χ0v) is 12.2. The number of rotatable bonds is 5. The summed E-state index contributed by atoms with van der Waals surface area (Å²) in [4.78, 5) is 11.1. The number of benzene rings is 1. The van der Waals surface area contributed by atoms with Gasteiger partial charge in [0.25, 0.3) is 0 Å². The van der Waals surface area contributed by atoms with E-state index in [0.717, 1.165) is 40.8 Å². The van der Waals surface area contributed by atoms with Gasteiger partial charge >= 0.3 is 0 Å². The van der Waals surface area contributed by atoms with Crippen molar-refractivity contribution < 1.29 is 0 Å².